The summed E-state index contributed by atoms with van der Waals surface area (Å²) in [7, 11) is -1.87. The fraction of sp³-hybridized carbons (Fsp3) is 0.357. The first-order chi connectivity index (χ1) is 11.2. The molecule has 0 spiro atoms. The highest BCUT2D eigenvalue weighted by atomic mass is 32.2. The third kappa shape index (κ3) is 4.46. The molecule has 0 saturated carbocycles. The molecule has 0 radical (unpaired) electrons. The minimum absolute atomic E-state index is 0.309. The van der Waals surface area contributed by atoms with E-state index in [9.17, 15) is 13.2 Å². The van der Waals surface area contributed by atoms with E-state index < -0.39 is 10.0 Å². The van der Waals surface area contributed by atoms with Crippen molar-refractivity contribution in [1.82, 2.24) is 10.2 Å². The number of amides is 1. The van der Waals surface area contributed by atoms with Crippen molar-refractivity contribution in [2.24, 2.45) is 0 Å². The van der Waals surface area contributed by atoms with Crippen LogP contribution in [0.15, 0.2) is 22.5 Å². The second kappa shape index (κ2) is 7.49. The Kier molecular flexibility index (Phi) is 5.83. The molecular formula is C14H18N4O3S3. The zero-order valence-corrected chi connectivity index (χ0v) is 16.2. The molecule has 7 nitrogen and oxygen atoms in total. The molecule has 0 fully saturated rings. The Morgan fingerprint density at radius 3 is 2.67 bits per heavy atom. The van der Waals surface area contributed by atoms with E-state index >= 15 is 0 Å². The molecule has 0 atom stereocenters. The van der Waals surface area contributed by atoms with Gasteiger partial charge < -0.3 is 0 Å². The van der Waals surface area contributed by atoms with Crippen LogP contribution in [0.3, 0.4) is 0 Å². The van der Waals surface area contributed by atoms with E-state index in [-0.39, 0.29) is 5.91 Å². The van der Waals surface area contributed by atoms with E-state index in [1.54, 1.807) is 36.9 Å². The highest BCUT2D eigenvalue weighted by molar-refractivity contribution is 8.01. The molecule has 1 heterocycles. The summed E-state index contributed by atoms with van der Waals surface area (Å²) in [5.74, 6) is 0.577. The fourth-order valence-corrected chi connectivity index (χ4v) is 4.15. The topological polar surface area (TPSA) is 92.3 Å². The number of carbonyl (C=O) groups excluding carboxylic acids is 1. The minimum atomic E-state index is -3.35. The zero-order chi connectivity index (χ0) is 17.9. The number of nitrogens with zero attached hydrogens (tertiary/aromatic N) is 3. The molecule has 24 heavy (non-hydrogen) atoms. The van der Waals surface area contributed by atoms with E-state index in [1.165, 1.54) is 22.7 Å². The quantitative estimate of drug-likeness (QED) is 0.606. The van der Waals surface area contributed by atoms with Crippen LogP contribution in [0.2, 0.25) is 0 Å². The minimum Gasteiger partial charge on any atom is -0.296 e. The third-order valence-corrected chi connectivity index (χ3v) is 6.24. The van der Waals surface area contributed by atoms with Crippen LogP contribution in [-0.4, -0.2) is 43.6 Å². The Morgan fingerprint density at radius 2 is 2.08 bits per heavy atom. The molecule has 130 valence electrons. The van der Waals surface area contributed by atoms with Gasteiger partial charge in [0.05, 0.1) is 11.9 Å². The van der Waals surface area contributed by atoms with Gasteiger partial charge in [-0.1, -0.05) is 30.0 Å². The first kappa shape index (κ1) is 18.7. The van der Waals surface area contributed by atoms with Crippen LogP contribution in [0.4, 0.5) is 10.8 Å². The van der Waals surface area contributed by atoms with E-state index in [1.807, 2.05) is 6.92 Å². The maximum absolute atomic E-state index is 12.3. The number of benzene rings is 1. The Bertz CT molecular complexity index is 849. The van der Waals surface area contributed by atoms with Crippen molar-refractivity contribution < 1.29 is 13.2 Å². The molecule has 0 unspecified atom stereocenters. The van der Waals surface area contributed by atoms with Gasteiger partial charge in [0.15, 0.2) is 4.34 Å². The number of hydrogen-bond acceptors (Lipinski definition) is 7. The van der Waals surface area contributed by atoms with Gasteiger partial charge in [0.25, 0.3) is 5.91 Å². The van der Waals surface area contributed by atoms with Gasteiger partial charge in [-0.05, 0) is 36.4 Å². The lowest BCUT2D eigenvalue weighted by molar-refractivity contribution is 0.102. The van der Waals surface area contributed by atoms with Crippen molar-refractivity contribution in [1.29, 1.82) is 0 Å². The van der Waals surface area contributed by atoms with Gasteiger partial charge in [-0.15, -0.1) is 10.2 Å². The van der Waals surface area contributed by atoms with Crippen molar-refractivity contribution in [3.05, 3.63) is 29.3 Å². The van der Waals surface area contributed by atoms with E-state index in [4.69, 9.17) is 0 Å². The van der Waals surface area contributed by atoms with Gasteiger partial charge in [0.1, 0.15) is 0 Å². The summed E-state index contributed by atoms with van der Waals surface area (Å²) in [6.45, 7) is 3.77. The third-order valence-electron chi connectivity index (χ3n) is 3.19. The Morgan fingerprint density at radius 1 is 1.38 bits per heavy atom. The van der Waals surface area contributed by atoms with Crippen LogP contribution in [0.5, 0.6) is 0 Å². The largest absolute Gasteiger partial charge is 0.296 e. The lowest BCUT2D eigenvalue weighted by atomic mass is 10.1. The monoisotopic (exact) mass is 386 g/mol. The highest BCUT2D eigenvalue weighted by Crippen LogP contribution is 2.26. The molecule has 1 aromatic carbocycles. The Labute approximate surface area is 149 Å². The SMILES string of the molecule is CCSc1nnc(NC(=O)c2ccc(N(C)S(C)(=O)=O)c(C)c2)s1. The maximum Gasteiger partial charge on any atom is 0.257 e. The Hall–Kier alpha value is -1.65. The lowest BCUT2D eigenvalue weighted by Crippen LogP contribution is -2.25. The van der Waals surface area contributed by atoms with Crippen molar-refractivity contribution in [3.63, 3.8) is 0 Å². The van der Waals surface area contributed by atoms with Crippen molar-refractivity contribution in [2.45, 2.75) is 18.2 Å². The summed E-state index contributed by atoms with van der Waals surface area (Å²) in [5.41, 5.74) is 1.65. The molecule has 1 aromatic heterocycles. The van der Waals surface area contributed by atoms with Crippen LogP contribution in [-0.2, 0) is 10.0 Å². The first-order valence-electron chi connectivity index (χ1n) is 7.04. The number of rotatable bonds is 6. The number of thioether (sulfide) groups is 1. The summed E-state index contributed by atoms with van der Waals surface area (Å²) >= 11 is 2.88. The van der Waals surface area contributed by atoms with Gasteiger partial charge in [-0.3, -0.25) is 14.4 Å². The molecule has 0 saturated heterocycles. The zero-order valence-electron chi connectivity index (χ0n) is 13.7. The Balaban J connectivity index is 2.17. The number of anilines is 2. The summed E-state index contributed by atoms with van der Waals surface area (Å²) < 4.78 is 25.2. The molecule has 2 rings (SSSR count). The molecular weight excluding hydrogens is 368 g/mol. The van der Waals surface area contributed by atoms with E-state index in [0.717, 1.165) is 16.3 Å². The summed E-state index contributed by atoms with van der Waals surface area (Å²) in [5, 5.41) is 11.0. The lowest BCUT2D eigenvalue weighted by Gasteiger charge is -2.19. The van der Waals surface area contributed by atoms with E-state index in [2.05, 4.69) is 15.5 Å². The maximum atomic E-state index is 12.3. The van der Waals surface area contributed by atoms with Gasteiger partial charge in [-0.2, -0.15) is 0 Å². The van der Waals surface area contributed by atoms with Crippen molar-refractivity contribution in [2.75, 3.05) is 28.7 Å². The summed E-state index contributed by atoms with van der Waals surface area (Å²) in [6.07, 6.45) is 1.13. The van der Waals surface area contributed by atoms with E-state index in [0.29, 0.717) is 21.9 Å². The van der Waals surface area contributed by atoms with Gasteiger partial charge >= 0.3 is 0 Å². The summed E-state index contributed by atoms with van der Waals surface area (Å²) in [4.78, 5) is 12.3. The fourth-order valence-electron chi connectivity index (χ4n) is 1.94. The predicted octanol–water partition coefficient (Wildman–Crippen LogP) is 2.61. The number of sulfonamides is 1. The molecule has 10 heteroatoms. The molecule has 2 aromatic rings. The first-order valence-corrected chi connectivity index (χ1v) is 10.7. The molecule has 0 aliphatic rings. The van der Waals surface area contributed by atoms with Crippen LogP contribution < -0.4 is 9.62 Å². The van der Waals surface area contributed by atoms with Gasteiger partial charge in [0.2, 0.25) is 15.2 Å². The summed E-state index contributed by atoms with van der Waals surface area (Å²) in [6, 6.07) is 4.85. The average molecular weight is 387 g/mol. The molecule has 1 N–H and O–H groups in total. The van der Waals surface area contributed by atoms with Crippen LogP contribution in [0.25, 0.3) is 0 Å². The molecule has 1 amide bonds. The van der Waals surface area contributed by atoms with Crippen molar-refractivity contribution >= 4 is 49.8 Å². The second-order valence-electron chi connectivity index (χ2n) is 4.99. The molecule has 0 bridgehead atoms. The van der Waals surface area contributed by atoms with Gasteiger partial charge in [0, 0.05) is 12.6 Å². The van der Waals surface area contributed by atoms with Crippen LogP contribution in [0, 0.1) is 6.92 Å². The number of nitrogens with one attached hydrogen (secondary N) is 1. The number of aromatic nitrogens is 2. The average Bonchev–Trinajstić information content (AvgIpc) is 2.93. The van der Waals surface area contributed by atoms with Gasteiger partial charge in [-0.25, -0.2) is 8.42 Å². The standard InChI is InChI=1S/C14H18N4O3S3/c1-5-22-14-17-16-13(23-14)15-12(19)10-6-7-11(9(2)8-10)18(3)24(4,20)21/h6-8H,5H2,1-4H3,(H,15,16,19). The van der Waals surface area contributed by atoms with Crippen molar-refractivity contribution in [3.8, 4) is 0 Å². The van der Waals surface area contributed by atoms with Crippen LogP contribution in [0.1, 0.15) is 22.8 Å². The number of carbonyl (C=O) groups is 1. The molecule has 0 aliphatic heterocycles. The normalized spacial score (nSPS) is 11.3. The number of aryl methyl sites for hydroxylation is 1. The second-order valence-corrected chi connectivity index (χ2v) is 9.49. The number of hydrogen-bond donors (Lipinski definition) is 1. The smallest absolute Gasteiger partial charge is 0.257 e. The molecule has 0 aliphatic carbocycles. The van der Waals surface area contributed by atoms with Crippen LogP contribution >= 0.6 is 23.1 Å². The highest BCUT2D eigenvalue weighted by Gasteiger charge is 2.16. The predicted molar refractivity (Wildman–Crippen MR) is 98.7 cm³/mol.